The summed E-state index contributed by atoms with van der Waals surface area (Å²) < 4.78 is 3.28. The van der Waals surface area contributed by atoms with Crippen LogP contribution in [0.15, 0.2) is 6.20 Å². The Morgan fingerprint density at radius 2 is 1.95 bits per heavy atom. The van der Waals surface area contributed by atoms with E-state index < -0.39 is 4.92 Å². The molecule has 0 bridgehead atoms. The molecule has 8 heteroatoms. The fourth-order valence-electron chi connectivity index (χ4n) is 2.10. The minimum Gasteiger partial charge on any atom is -0.332 e. The molecule has 1 N–H and O–H groups in total. The average Bonchev–Trinajstić information content (AvgIpc) is 2.80. The smallest absolute Gasteiger partial charge is 0.332 e. The van der Waals surface area contributed by atoms with Crippen LogP contribution < -0.4 is 5.32 Å². The van der Waals surface area contributed by atoms with Crippen molar-refractivity contribution in [3.63, 3.8) is 0 Å². The second-order valence-corrected chi connectivity index (χ2v) is 5.00. The van der Waals surface area contributed by atoms with Crippen LogP contribution in [0.2, 0.25) is 0 Å². The maximum atomic E-state index is 11.3. The molecular formula is C12H18N6O2. The molecule has 0 saturated carbocycles. The van der Waals surface area contributed by atoms with Gasteiger partial charge < -0.3 is 5.32 Å². The molecule has 0 spiro atoms. The van der Waals surface area contributed by atoms with Crippen LogP contribution in [0.4, 0.5) is 17.2 Å². The second-order valence-electron chi connectivity index (χ2n) is 5.00. The van der Waals surface area contributed by atoms with Crippen LogP contribution in [-0.2, 0) is 7.05 Å². The summed E-state index contributed by atoms with van der Waals surface area (Å²) in [7, 11) is 1.80. The van der Waals surface area contributed by atoms with Crippen molar-refractivity contribution >= 4 is 17.2 Å². The molecule has 0 aromatic carbocycles. The van der Waals surface area contributed by atoms with Gasteiger partial charge in [-0.25, -0.2) is 4.68 Å². The summed E-state index contributed by atoms with van der Waals surface area (Å²) in [4.78, 5) is 10.8. The van der Waals surface area contributed by atoms with Gasteiger partial charge in [0.1, 0.15) is 5.69 Å². The minimum atomic E-state index is -0.407. The summed E-state index contributed by atoms with van der Waals surface area (Å²) in [6, 6.07) is 0.0156. The van der Waals surface area contributed by atoms with Crippen molar-refractivity contribution in [2.45, 2.75) is 33.7 Å². The molecule has 0 atom stereocenters. The molecule has 2 aromatic heterocycles. The Labute approximate surface area is 116 Å². The van der Waals surface area contributed by atoms with E-state index in [2.05, 4.69) is 15.5 Å². The van der Waals surface area contributed by atoms with Crippen molar-refractivity contribution < 1.29 is 4.92 Å². The van der Waals surface area contributed by atoms with Crippen LogP contribution >= 0.6 is 0 Å². The molecule has 0 aliphatic rings. The van der Waals surface area contributed by atoms with Crippen molar-refractivity contribution in [1.29, 1.82) is 0 Å². The highest BCUT2D eigenvalue weighted by Gasteiger charge is 2.27. The quantitative estimate of drug-likeness (QED) is 0.685. The first-order valence-electron chi connectivity index (χ1n) is 6.32. The summed E-state index contributed by atoms with van der Waals surface area (Å²) in [5, 5.41) is 22.8. The first-order chi connectivity index (χ1) is 9.31. The van der Waals surface area contributed by atoms with Crippen LogP contribution in [0.3, 0.4) is 0 Å². The molecule has 0 saturated heterocycles. The van der Waals surface area contributed by atoms with E-state index in [-0.39, 0.29) is 11.7 Å². The third-order valence-electron chi connectivity index (χ3n) is 2.99. The Hall–Kier alpha value is -2.38. The van der Waals surface area contributed by atoms with Crippen molar-refractivity contribution in [2.75, 3.05) is 5.32 Å². The zero-order valence-corrected chi connectivity index (χ0v) is 12.2. The first-order valence-corrected chi connectivity index (χ1v) is 6.32. The van der Waals surface area contributed by atoms with Crippen LogP contribution in [0.1, 0.15) is 31.3 Å². The maximum Gasteiger partial charge on any atom is 0.334 e. The number of nitrogens with zero attached hydrogens (tertiary/aromatic N) is 5. The van der Waals surface area contributed by atoms with Gasteiger partial charge >= 0.3 is 5.69 Å². The number of rotatable bonds is 4. The van der Waals surface area contributed by atoms with Crippen molar-refractivity contribution in [1.82, 2.24) is 19.6 Å². The Morgan fingerprint density at radius 1 is 1.30 bits per heavy atom. The topological polar surface area (TPSA) is 90.8 Å². The van der Waals surface area contributed by atoms with Gasteiger partial charge in [0, 0.05) is 19.3 Å². The number of aryl methyl sites for hydroxylation is 3. The SMILES string of the molecule is Cc1nn(C)cc1Nc1c([N+](=O)[O-])c(C)nn1C(C)C. The highest BCUT2D eigenvalue weighted by atomic mass is 16.6. The van der Waals surface area contributed by atoms with E-state index in [4.69, 9.17) is 0 Å². The molecule has 2 aromatic rings. The molecule has 20 heavy (non-hydrogen) atoms. The van der Waals surface area contributed by atoms with E-state index in [0.717, 1.165) is 11.4 Å². The van der Waals surface area contributed by atoms with Gasteiger partial charge in [-0.3, -0.25) is 14.8 Å². The number of nitrogens with one attached hydrogen (secondary N) is 1. The Kier molecular flexibility index (Phi) is 3.47. The molecule has 8 nitrogen and oxygen atoms in total. The van der Waals surface area contributed by atoms with E-state index in [9.17, 15) is 10.1 Å². The predicted octanol–water partition coefficient (Wildman–Crippen LogP) is 2.47. The molecule has 0 fully saturated rings. The number of anilines is 2. The molecule has 2 rings (SSSR count). The number of nitro groups is 1. The van der Waals surface area contributed by atoms with E-state index in [1.54, 1.807) is 29.5 Å². The first kappa shape index (κ1) is 14.0. The van der Waals surface area contributed by atoms with Crippen LogP contribution in [0.25, 0.3) is 0 Å². The highest BCUT2D eigenvalue weighted by molar-refractivity contribution is 5.68. The van der Waals surface area contributed by atoms with E-state index in [0.29, 0.717) is 11.5 Å². The zero-order chi connectivity index (χ0) is 15.0. The van der Waals surface area contributed by atoms with Gasteiger partial charge in [-0.15, -0.1) is 0 Å². The lowest BCUT2D eigenvalue weighted by Gasteiger charge is -2.11. The van der Waals surface area contributed by atoms with Gasteiger partial charge in [0.15, 0.2) is 0 Å². The molecule has 0 aliphatic carbocycles. The Balaban J connectivity index is 2.54. The summed E-state index contributed by atoms with van der Waals surface area (Å²) in [6.45, 7) is 7.34. The van der Waals surface area contributed by atoms with Crippen molar-refractivity contribution in [3.05, 3.63) is 27.7 Å². The van der Waals surface area contributed by atoms with Gasteiger partial charge in [0.25, 0.3) is 0 Å². The summed E-state index contributed by atoms with van der Waals surface area (Å²) in [5.41, 5.74) is 1.91. The molecule has 0 radical (unpaired) electrons. The summed E-state index contributed by atoms with van der Waals surface area (Å²) in [6.07, 6.45) is 1.78. The summed E-state index contributed by atoms with van der Waals surface area (Å²) in [5.74, 6) is 0.388. The van der Waals surface area contributed by atoms with E-state index in [1.165, 1.54) is 0 Å². The fraction of sp³-hybridized carbons (Fsp3) is 0.500. The Morgan fingerprint density at radius 3 is 2.40 bits per heavy atom. The monoisotopic (exact) mass is 278 g/mol. The van der Waals surface area contributed by atoms with E-state index >= 15 is 0 Å². The highest BCUT2D eigenvalue weighted by Crippen LogP contribution is 2.33. The van der Waals surface area contributed by atoms with Gasteiger partial charge in [0.05, 0.1) is 16.3 Å². The minimum absolute atomic E-state index is 0.00181. The van der Waals surface area contributed by atoms with Gasteiger partial charge in [-0.05, 0) is 27.7 Å². The largest absolute Gasteiger partial charge is 0.334 e. The maximum absolute atomic E-state index is 11.3. The molecule has 0 unspecified atom stereocenters. The lowest BCUT2D eigenvalue weighted by atomic mass is 10.3. The second kappa shape index (κ2) is 4.95. The van der Waals surface area contributed by atoms with Crippen LogP contribution in [-0.4, -0.2) is 24.5 Å². The van der Waals surface area contributed by atoms with Crippen LogP contribution in [0, 0.1) is 24.0 Å². The molecule has 108 valence electrons. The Bertz CT molecular complexity index is 655. The molecule has 0 aliphatic heterocycles. The molecular weight excluding hydrogens is 260 g/mol. The lowest BCUT2D eigenvalue weighted by Crippen LogP contribution is -2.08. The average molecular weight is 278 g/mol. The number of aromatic nitrogens is 4. The van der Waals surface area contributed by atoms with Gasteiger partial charge in [-0.2, -0.15) is 10.2 Å². The normalized spacial score (nSPS) is 11.1. The third kappa shape index (κ3) is 2.36. The fourth-order valence-corrected chi connectivity index (χ4v) is 2.10. The van der Waals surface area contributed by atoms with E-state index in [1.807, 2.05) is 20.8 Å². The zero-order valence-electron chi connectivity index (χ0n) is 12.2. The molecule has 2 heterocycles. The molecule has 0 amide bonds. The van der Waals surface area contributed by atoms with Crippen molar-refractivity contribution in [2.24, 2.45) is 7.05 Å². The third-order valence-corrected chi connectivity index (χ3v) is 2.99. The standard InChI is InChI=1S/C12H18N6O2/c1-7(2)17-12(11(18(19)20)9(4)15-17)13-10-6-16(5)14-8(10)3/h6-7,13H,1-5H3. The number of hydrogen-bond donors (Lipinski definition) is 1. The van der Waals surface area contributed by atoms with Gasteiger partial charge in [-0.1, -0.05) is 0 Å². The summed E-state index contributed by atoms with van der Waals surface area (Å²) >= 11 is 0. The van der Waals surface area contributed by atoms with Gasteiger partial charge in [0.2, 0.25) is 5.82 Å². The lowest BCUT2D eigenvalue weighted by molar-refractivity contribution is -0.384. The predicted molar refractivity (Wildman–Crippen MR) is 75.2 cm³/mol. The number of hydrogen-bond acceptors (Lipinski definition) is 5. The van der Waals surface area contributed by atoms with Crippen molar-refractivity contribution in [3.8, 4) is 0 Å². The van der Waals surface area contributed by atoms with Crippen LogP contribution in [0.5, 0.6) is 0 Å².